The molecule has 0 aromatic rings. The van der Waals surface area contributed by atoms with Gasteiger partial charge >= 0.3 is 11.9 Å². The number of aliphatic hydroxyl groups excluding tert-OH is 1. The number of esters is 2. The minimum absolute atomic E-state index is 0.0830. The molecule has 0 amide bonds. The van der Waals surface area contributed by atoms with E-state index in [1.165, 1.54) is 141 Å². The van der Waals surface area contributed by atoms with Crippen molar-refractivity contribution in [3.05, 3.63) is 109 Å². The van der Waals surface area contributed by atoms with Crippen LogP contribution < -0.4 is 0 Å². The molecule has 0 heterocycles. The van der Waals surface area contributed by atoms with Crippen LogP contribution in [0, 0.1) is 0 Å². The molecule has 400 valence electrons. The van der Waals surface area contributed by atoms with Crippen LogP contribution in [0.15, 0.2) is 109 Å². The van der Waals surface area contributed by atoms with Gasteiger partial charge in [-0.15, -0.1) is 0 Å². The molecule has 0 saturated heterocycles. The van der Waals surface area contributed by atoms with Crippen LogP contribution in [0.4, 0.5) is 0 Å². The number of carbonyl (C=O) groups is 2. The minimum atomic E-state index is -0.797. The van der Waals surface area contributed by atoms with E-state index in [4.69, 9.17) is 9.47 Å². The number of hydrogen-bond donors (Lipinski definition) is 1. The van der Waals surface area contributed by atoms with Gasteiger partial charge in [0.15, 0.2) is 6.10 Å². The maximum absolute atomic E-state index is 12.3. The van der Waals surface area contributed by atoms with Gasteiger partial charge in [-0.05, 0) is 83.5 Å². The summed E-state index contributed by atoms with van der Waals surface area (Å²) < 4.78 is 10.7. The van der Waals surface area contributed by atoms with Gasteiger partial charge in [-0.25, -0.2) is 0 Å². The predicted octanol–water partition coefficient (Wildman–Crippen LogP) is 20.1. The molecule has 5 nitrogen and oxygen atoms in total. The van der Waals surface area contributed by atoms with E-state index in [9.17, 15) is 14.7 Å². The van der Waals surface area contributed by atoms with E-state index in [1.807, 2.05) is 0 Å². The standard InChI is InChI=1S/C65H110O5/c1-3-5-7-9-11-13-15-17-19-21-23-25-27-29-30-31-32-33-34-36-38-40-42-44-46-48-50-52-54-56-58-60-65(68)70-63(61-66)62-69-64(67)59-57-55-53-51-49-47-45-43-41-39-37-35-28-26-24-22-20-18-16-14-12-10-8-6-4-2/h5,7,11,13,17,19,23,25,29-30,32-33,36,38,42,44,48,50,63,66H,3-4,6,8-10,12,14-16,18,20-22,24,26-28,31,34-35,37,39-41,43,45-47,49,51-62H2,1-2H3/b7-5-,13-11-,19-17-,25-23-,30-29-,33-32-,38-36-,44-42-,50-48-. The first kappa shape index (κ1) is 66.6. The molecule has 1 atom stereocenters. The van der Waals surface area contributed by atoms with Gasteiger partial charge in [-0.1, -0.05) is 284 Å². The van der Waals surface area contributed by atoms with Crippen LogP contribution >= 0.6 is 0 Å². The number of aliphatic hydroxyl groups is 1. The van der Waals surface area contributed by atoms with Crippen molar-refractivity contribution in [3.63, 3.8) is 0 Å². The molecule has 0 aliphatic carbocycles. The largest absolute Gasteiger partial charge is 0.462 e. The smallest absolute Gasteiger partial charge is 0.306 e. The SMILES string of the molecule is CC/C=C\C/C=C\C/C=C\C/C=C\C/C=C\C/C=C\C/C=C\C/C=C\C/C=C\CCCCCC(=O)OC(CO)COC(=O)CCCCCCCCCCCCCCCCCCCCCCCCCCC. The molecule has 0 saturated carbocycles. The van der Waals surface area contributed by atoms with Gasteiger partial charge in [0.05, 0.1) is 6.61 Å². The highest BCUT2D eigenvalue weighted by Gasteiger charge is 2.16. The Balaban J connectivity index is 3.59. The molecule has 5 heteroatoms. The van der Waals surface area contributed by atoms with Crippen LogP contribution in [0.5, 0.6) is 0 Å². The topological polar surface area (TPSA) is 72.8 Å². The van der Waals surface area contributed by atoms with Gasteiger partial charge in [-0.3, -0.25) is 9.59 Å². The summed E-state index contributed by atoms with van der Waals surface area (Å²) >= 11 is 0. The third-order valence-electron chi connectivity index (χ3n) is 12.6. The molecule has 0 spiro atoms. The maximum atomic E-state index is 12.3. The fourth-order valence-corrected chi connectivity index (χ4v) is 8.20. The van der Waals surface area contributed by atoms with Gasteiger partial charge in [0.25, 0.3) is 0 Å². The van der Waals surface area contributed by atoms with E-state index in [-0.39, 0.29) is 25.2 Å². The highest BCUT2D eigenvalue weighted by atomic mass is 16.6. The number of hydrogen-bond acceptors (Lipinski definition) is 5. The molecule has 70 heavy (non-hydrogen) atoms. The Kier molecular flexibility index (Phi) is 56.9. The Morgan fingerprint density at radius 3 is 0.929 bits per heavy atom. The average Bonchev–Trinajstić information content (AvgIpc) is 3.36. The monoisotopic (exact) mass is 971 g/mol. The van der Waals surface area contributed by atoms with Gasteiger partial charge in [0, 0.05) is 12.8 Å². The molecule has 0 aromatic carbocycles. The van der Waals surface area contributed by atoms with Crippen molar-refractivity contribution >= 4 is 11.9 Å². The molecule has 0 aliphatic heterocycles. The number of carbonyl (C=O) groups excluding carboxylic acids is 2. The number of allylic oxidation sites excluding steroid dienone is 18. The second-order valence-electron chi connectivity index (χ2n) is 19.3. The molecule has 1 unspecified atom stereocenters. The van der Waals surface area contributed by atoms with E-state index in [0.717, 1.165) is 103 Å². The predicted molar refractivity (Wildman–Crippen MR) is 306 cm³/mol. The number of rotatable bonds is 53. The zero-order chi connectivity index (χ0) is 50.6. The van der Waals surface area contributed by atoms with Crippen molar-refractivity contribution in [1.29, 1.82) is 0 Å². The van der Waals surface area contributed by atoms with Crippen LogP contribution in [-0.2, 0) is 19.1 Å². The van der Waals surface area contributed by atoms with Crippen molar-refractivity contribution in [2.45, 2.75) is 277 Å². The summed E-state index contributed by atoms with van der Waals surface area (Å²) in [6, 6.07) is 0. The first-order valence-corrected chi connectivity index (χ1v) is 29.4. The first-order chi connectivity index (χ1) is 34.6. The second kappa shape index (κ2) is 59.9. The lowest BCUT2D eigenvalue weighted by Crippen LogP contribution is -2.28. The number of ether oxygens (including phenoxy) is 2. The van der Waals surface area contributed by atoms with E-state index in [1.54, 1.807) is 0 Å². The van der Waals surface area contributed by atoms with E-state index < -0.39 is 6.10 Å². The first-order valence-electron chi connectivity index (χ1n) is 29.4. The Morgan fingerprint density at radius 1 is 0.343 bits per heavy atom. The lowest BCUT2D eigenvalue weighted by molar-refractivity contribution is -0.161. The lowest BCUT2D eigenvalue weighted by Gasteiger charge is -2.15. The lowest BCUT2D eigenvalue weighted by atomic mass is 10.0. The number of unbranched alkanes of at least 4 members (excludes halogenated alkanes) is 27. The Hall–Kier alpha value is -3.44. The van der Waals surface area contributed by atoms with Gasteiger partial charge in [0.2, 0.25) is 0 Å². The van der Waals surface area contributed by atoms with Crippen molar-refractivity contribution in [3.8, 4) is 0 Å². The third kappa shape index (κ3) is 57.1. The van der Waals surface area contributed by atoms with E-state index >= 15 is 0 Å². The summed E-state index contributed by atoms with van der Waals surface area (Å²) in [5, 5.41) is 9.66. The van der Waals surface area contributed by atoms with Crippen molar-refractivity contribution < 1.29 is 24.2 Å². The molecular weight excluding hydrogens is 861 g/mol. The van der Waals surface area contributed by atoms with Gasteiger partial charge in [0.1, 0.15) is 6.61 Å². The fourth-order valence-electron chi connectivity index (χ4n) is 8.20. The van der Waals surface area contributed by atoms with Crippen LogP contribution in [0.3, 0.4) is 0 Å². The summed E-state index contributed by atoms with van der Waals surface area (Å²) in [5.41, 5.74) is 0. The van der Waals surface area contributed by atoms with E-state index in [0.29, 0.717) is 12.8 Å². The summed E-state index contributed by atoms with van der Waals surface area (Å²) in [4.78, 5) is 24.5. The van der Waals surface area contributed by atoms with Crippen LogP contribution in [0.2, 0.25) is 0 Å². The van der Waals surface area contributed by atoms with Crippen molar-refractivity contribution in [2.75, 3.05) is 13.2 Å². The molecule has 0 aromatic heterocycles. The van der Waals surface area contributed by atoms with Crippen LogP contribution in [0.1, 0.15) is 271 Å². The van der Waals surface area contributed by atoms with Crippen molar-refractivity contribution in [2.24, 2.45) is 0 Å². The molecule has 0 fully saturated rings. The summed E-state index contributed by atoms with van der Waals surface area (Å²) in [5.74, 6) is -0.626. The van der Waals surface area contributed by atoms with E-state index in [2.05, 4.69) is 123 Å². The molecular formula is C65H110O5. The van der Waals surface area contributed by atoms with Crippen LogP contribution in [0.25, 0.3) is 0 Å². The van der Waals surface area contributed by atoms with Crippen LogP contribution in [-0.4, -0.2) is 36.4 Å². The normalized spacial score (nSPS) is 13.0. The molecule has 0 bridgehead atoms. The minimum Gasteiger partial charge on any atom is -0.462 e. The quantitative estimate of drug-likeness (QED) is 0.0373. The molecule has 1 N–H and O–H groups in total. The molecule has 0 rings (SSSR count). The average molecular weight is 972 g/mol. The van der Waals surface area contributed by atoms with Gasteiger partial charge in [-0.2, -0.15) is 0 Å². The fraction of sp³-hybridized carbons (Fsp3) is 0.692. The summed E-state index contributed by atoms with van der Waals surface area (Å²) in [6.45, 7) is 4.02. The highest BCUT2D eigenvalue weighted by molar-refractivity contribution is 5.70. The zero-order valence-electron chi connectivity index (χ0n) is 45.7. The molecule has 0 radical (unpaired) electrons. The summed E-state index contributed by atoms with van der Waals surface area (Å²) in [6.07, 6.45) is 86.4. The summed E-state index contributed by atoms with van der Waals surface area (Å²) in [7, 11) is 0. The van der Waals surface area contributed by atoms with Crippen molar-refractivity contribution in [1.82, 2.24) is 0 Å². The Labute approximate surface area is 433 Å². The zero-order valence-corrected chi connectivity index (χ0v) is 45.7. The Bertz CT molecular complexity index is 1380. The Morgan fingerprint density at radius 2 is 0.614 bits per heavy atom. The maximum Gasteiger partial charge on any atom is 0.306 e. The van der Waals surface area contributed by atoms with Gasteiger partial charge < -0.3 is 14.6 Å². The third-order valence-corrected chi connectivity index (χ3v) is 12.6. The molecule has 0 aliphatic rings. The highest BCUT2D eigenvalue weighted by Crippen LogP contribution is 2.16. The second-order valence-corrected chi connectivity index (χ2v) is 19.3.